The highest BCUT2D eigenvalue weighted by molar-refractivity contribution is 7.46. The van der Waals surface area contributed by atoms with E-state index in [9.17, 15) is 14.5 Å². The molecule has 0 aliphatic carbocycles. The number of amides is 1. The number of phosphoric ester groups is 1. The molecule has 49 heavy (non-hydrogen) atoms. The average Bonchev–Trinajstić information content (AvgIpc) is 3.07. The molecule has 0 unspecified atom stereocenters. The standard InChI is InChI=1S/C41H84NO6P/c1-3-5-7-9-11-13-15-17-18-19-20-21-22-23-24-25-27-29-31-33-35-37-41(44)42-39(38-48-49(45,46)47)40(43)36-34-32-30-28-26-16-14-12-10-8-6-4-2/h39-40,43H,3-38H2,1-2H3,(H,42,44)(H2,45,46,47)/t39-,40+/m0/s1. The van der Waals surface area contributed by atoms with E-state index in [2.05, 4.69) is 23.7 Å². The lowest BCUT2D eigenvalue weighted by Crippen LogP contribution is -2.46. The van der Waals surface area contributed by atoms with Gasteiger partial charge in [0.1, 0.15) is 0 Å². The van der Waals surface area contributed by atoms with Crippen LogP contribution in [-0.4, -0.2) is 39.6 Å². The van der Waals surface area contributed by atoms with Gasteiger partial charge in [0.15, 0.2) is 0 Å². The molecule has 0 aromatic rings. The predicted octanol–water partition coefficient (Wildman–Crippen LogP) is 12.6. The SMILES string of the molecule is CCCCCCCCCCCCCCCCCCCCCCCC(=O)N[C@@H](COP(=O)(O)O)[C@H](O)CCCCCCCCCCCCCC. The van der Waals surface area contributed by atoms with Crippen molar-refractivity contribution in [3.63, 3.8) is 0 Å². The fourth-order valence-corrected chi connectivity index (χ4v) is 7.17. The van der Waals surface area contributed by atoms with Crippen molar-refractivity contribution in [2.45, 2.75) is 251 Å². The Balaban J connectivity index is 3.81. The Hall–Kier alpha value is -0.460. The molecule has 0 spiro atoms. The second kappa shape index (κ2) is 37.3. The highest BCUT2D eigenvalue weighted by Crippen LogP contribution is 2.36. The predicted molar refractivity (Wildman–Crippen MR) is 209 cm³/mol. The quantitative estimate of drug-likeness (QED) is 0.0370. The van der Waals surface area contributed by atoms with Crippen LogP contribution >= 0.6 is 7.82 Å². The Bertz CT molecular complexity index is 733. The van der Waals surface area contributed by atoms with Crippen molar-refractivity contribution < 1.29 is 28.8 Å². The summed E-state index contributed by atoms with van der Waals surface area (Å²) >= 11 is 0. The fraction of sp³-hybridized carbons (Fsp3) is 0.976. The van der Waals surface area contributed by atoms with Gasteiger partial charge in [-0.3, -0.25) is 9.32 Å². The van der Waals surface area contributed by atoms with Crippen molar-refractivity contribution in [2.75, 3.05) is 6.61 Å². The molecular weight excluding hydrogens is 633 g/mol. The summed E-state index contributed by atoms with van der Waals surface area (Å²) < 4.78 is 15.9. The summed E-state index contributed by atoms with van der Waals surface area (Å²) in [4.78, 5) is 30.9. The zero-order valence-corrected chi connectivity index (χ0v) is 33.5. The maximum atomic E-state index is 12.6. The number of unbranched alkanes of at least 4 members (excludes halogenated alkanes) is 31. The second-order valence-corrected chi connectivity index (χ2v) is 16.3. The third-order valence-electron chi connectivity index (χ3n) is 10.1. The van der Waals surface area contributed by atoms with Crippen LogP contribution in [0.5, 0.6) is 0 Å². The first-order valence-electron chi connectivity index (χ1n) is 21.5. The van der Waals surface area contributed by atoms with Crippen LogP contribution in [0.15, 0.2) is 0 Å². The number of aliphatic hydroxyl groups is 1. The molecule has 0 rings (SSSR count). The lowest BCUT2D eigenvalue weighted by molar-refractivity contribution is -0.123. The highest BCUT2D eigenvalue weighted by atomic mass is 31.2. The van der Waals surface area contributed by atoms with Crippen LogP contribution < -0.4 is 5.32 Å². The smallest absolute Gasteiger partial charge is 0.391 e. The number of hydrogen-bond donors (Lipinski definition) is 4. The van der Waals surface area contributed by atoms with Crippen molar-refractivity contribution in [1.82, 2.24) is 5.32 Å². The van der Waals surface area contributed by atoms with E-state index in [0.29, 0.717) is 12.8 Å². The minimum absolute atomic E-state index is 0.189. The van der Waals surface area contributed by atoms with E-state index in [-0.39, 0.29) is 5.91 Å². The molecule has 0 heterocycles. The summed E-state index contributed by atoms with van der Waals surface area (Å²) in [5.74, 6) is -0.189. The lowest BCUT2D eigenvalue weighted by atomic mass is 10.0. The molecule has 0 aliphatic rings. The van der Waals surface area contributed by atoms with Gasteiger partial charge in [0.2, 0.25) is 5.91 Å². The van der Waals surface area contributed by atoms with Gasteiger partial charge in [0.25, 0.3) is 0 Å². The highest BCUT2D eigenvalue weighted by Gasteiger charge is 2.25. The number of rotatable bonds is 40. The summed E-state index contributed by atoms with van der Waals surface area (Å²) in [5.41, 5.74) is 0. The van der Waals surface area contributed by atoms with Gasteiger partial charge >= 0.3 is 7.82 Å². The summed E-state index contributed by atoms with van der Waals surface area (Å²) in [7, 11) is -4.68. The van der Waals surface area contributed by atoms with Crippen LogP contribution in [0.1, 0.15) is 239 Å². The molecule has 0 saturated heterocycles. The molecule has 2 atom stereocenters. The minimum atomic E-state index is -4.68. The van der Waals surface area contributed by atoms with Crippen molar-refractivity contribution in [1.29, 1.82) is 0 Å². The Morgan fingerprint density at radius 1 is 0.510 bits per heavy atom. The summed E-state index contributed by atoms with van der Waals surface area (Å²) in [6.07, 6.45) is 42.4. The minimum Gasteiger partial charge on any atom is -0.391 e. The first-order valence-corrected chi connectivity index (χ1v) is 23.0. The Morgan fingerprint density at radius 3 is 1.10 bits per heavy atom. The third kappa shape index (κ3) is 38.6. The van der Waals surface area contributed by atoms with Crippen LogP contribution in [-0.2, 0) is 13.9 Å². The Morgan fingerprint density at radius 2 is 0.796 bits per heavy atom. The fourth-order valence-electron chi connectivity index (χ4n) is 6.82. The second-order valence-electron chi connectivity index (χ2n) is 15.0. The van der Waals surface area contributed by atoms with Gasteiger partial charge in [-0.1, -0.05) is 219 Å². The largest absolute Gasteiger partial charge is 0.469 e. The maximum Gasteiger partial charge on any atom is 0.469 e. The first-order chi connectivity index (χ1) is 23.8. The van der Waals surface area contributed by atoms with Gasteiger partial charge in [-0.2, -0.15) is 0 Å². The van der Waals surface area contributed by atoms with Gasteiger partial charge in [0.05, 0.1) is 18.8 Å². The summed E-state index contributed by atoms with van der Waals surface area (Å²) in [5, 5.41) is 13.5. The van der Waals surface area contributed by atoms with Crippen LogP contribution in [0.3, 0.4) is 0 Å². The van der Waals surface area contributed by atoms with E-state index in [1.807, 2.05) is 0 Å². The van der Waals surface area contributed by atoms with Gasteiger partial charge < -0.3 is 20.2 Å². The molecule has 1 amide bonds. The van der Waals surface area contributed by atoms with E-state index in [1.54, 1.807) is 0 Å². The monoisotopic (exact) mass is 718 g/mol. The topological polar surface area (TPSA) is 116 Å². The number of aliphatic hydroxyl groups excluding tert-OH is 1. The number of carbonyl (C=O) groups excluding carboxylic acids is 1. The molecule has 0 bridgehead atoms. The lowest BCUT2D eigenvalue weighted by Gasteiger charge is -2.24. The molecule has 0 aliphatic heterocycles. The Labute approximate surface area is 304 Å². The first kappa shape index (κ1) is 48.5. The van der Waals surface area contributed by atoms with Crippen molar-refractivity contribution in [3.05, 3.63) is 0 Å². The summed E-state index contributed by atoms with van der Waals surface area (Å²) in [6, 6.07) is -0.817. The molecule has 0 radical (unpaired) electrons. The third-order valence-corrected chi connectivity index (χ3v) is 10.6. The van der Waals surface area contributed by atoms with E-state index in [4.69, 9.17) is 9.79 Å². The van der Waals surface area contributed by atoms with Gasteiger partial charge in [-0.05, 0) is 12.8 Å². The van der Waals surface area contributed by atoms with Crippen LogP contribution in [0.2, 0.25) is 0 Å². The average molecular weight is 718 g/mol. The van der Waals surface area contributed by atoms with E-state index in [1.165, 1.54) is 173 Å². The van der Waals surface area contributed by atoms with Gasteiger partial charge in [-0.15, -0.1) is 0 Å². The normalized spacial score (nSPS) is 13.2. The van der Waals surface area contributed by atoms with Crippen molar-refractivity contribution in [2.24, 2.45) is 0 Å². The molecule has 294 valence electrons. The number of carbonyl (C=O) groups is 1. The molecule has 0 aromatic heterocycles. The van der Waals surface area contributed by atoms with E-state index in [0.717, 1.165) is 38.5 Å². The van der Waals surface area contributed by atoms with Crippen molar-refractivity contribution >= 4 is 13.7 Å². The molecule has 4 N–H and O–H groups in total. The van der Waals surface area contributed by atoms with Crippen LogP contribution in [0.25, 0.3) is 0 Å². The molecular formula is C41H84NO6P. The Kier molecular flexibility index (Phi) is 37.0. The number of nitrogens with one attached hydrogen (secondary N) is 1. The molecule has 7 nitrogen and oxygen atoms in total. The zero-order valence-electron chi connectivity index (χ0n) is 32.6. The van der Waals surface area contributed by atoms with E-state index < -0.39 is 26.6 Å². The number of hydrogen-bond acceptors (Lipinski definition) is 4. The molecule has 0 aromatic carbocycles. The zero-order chi connectivity index (χ0) is 36.1. The van der Waals surface area contributed by atoms with Gasteiger partial charge in [-0.25, -0.2) is 4.57 Å². The number of phosphoric acid groups is 1. The molecule has 0 fully saturated rings. The van der Waals surface area contributed by atoms with Crippen molar-refractivity contribution in [3.8, 4) is 0 Å². The molecule has 8 heteroatoms. The van der Waals surface area contributed by atoms with Crippen LogP contribution in [0, 0.1) is 0 Å². The van der Waals surface area contributed by atoms with E-state index >= 15 is 0 Å². The maximum absolute atomic E-state index is 12.6. The molecule has 0 saturated carbocycles. The van der Waals surface area contributed by atoms with Crippen LogP contribution in [0.4, 0.5) is 0 Å². The summed E-state index contributed by atoms with van der Waals surface area (Å²) in [6.45, 7) is 4.13. The van der Waals surface area contributed by atoms with Gasteiger partial charge in [0, 0.05) is 6.42 Å².